The van der Waals surface area contributed by atoms with Crippen LogP contribution in [0.4, 0.5) is 0 Å². The third-order valence-corrected chi connectivity index (χ3v) is 9.20. The molecule has 0 amide bonds. The van der Waals surface area contributed by atoms with Crippen LogP contribution in [-0.4, -0.2) is 13.1 Å². The Morgan fingerprint density at radius 3 is 2.50 bits per heavy atom. The molecule has 2 aromatic heterocycles. The first-order chi connectivity index (χ1) is 19.6. The quantitative estimate of drug-likeness (QED) is 0.148. The van der Waals surface area contributed by atoms with Crippen molar-refractivity contribution in [3.8, 4) is 11.3 Å². The fraction of sp³-hybridized carbons (Fsp3) is 0.417. The normalized spacial score (nSPS) is 18.4. The Balaban J connectivity index is 1.61. The monoisotopic (exact) mass is 536 g/mol. The Labute approximate surface area is 239 Å². The number of aryl methyl sites for hydroxylation is 2. The summed E-state index contributed by atoms with van der Waals surface area (Å²) in [6.45, 7) is 8.64. The van der Waals surface area contributed by atoms with Crippen LogP contribution in [0.3, 0.4) is 0 Å². The first-order valence-electron chi connectivity index (χ1n) is 15.2. The van der Waals surface area contributed by atoms with Crippen LogP contribution in [0.5, 0.6) is 0 Å². The maximum Gasteiger partial charge on any atom is 0.403 e. The predicted octanol–water partition coefficient (Wildman–Crippen LogP) is 7.38. The summed E-state index contributed by atoms with van der Waals surface area (Å²) in [7, 11) is 1.46. The molecule has 0 saturated heterocycles. The number of rotatable bonds is 11. The van der Waals surface area contributed by atoms with Crippen molar-refractivity contribution in [2.45, 2.75) is 84.2 Å². The molecule has 2 atom stereocenters. The molecule has 4 heteroatoms. The first kappa shape index (κ1) is 28.0. The van der Waals surface area contributed by atoms with Crippen LogP contribution in [0.1, 0.15) is 80.9 Å². The Morgan fingerprint density at radius 1 is 0.950 bits per heavy atom. The molecular formula is C36H44N2O2+2. The van der Waals surface area contributed by atoms with Crippen LogP contribution < -0.4 is 9.13 Å². The average molecular weight is 537 g/mol. The number of aromatic nitrogens is 2. The molecule has 0 bridgehead atoms. The minimum Gasteiger partial charge on any atom is -0.461 e. The third-order valence-electron chi connectivity index (χ3n) is 9.20. The maximum absolute atomic E-state index is 12.5. The van der Waals surface area contributed by atoms with Crippen molar-refractivity contribution in [1.82, 2.24) is 0 Å². The van der Waals surface area contributed by atoms with Crippen molar-refractivity contribution in [3.63, 3.8) is 0 Å². The van der Waals surface area contributed by atoms with Gasteiger partial charge in [0, 0.05) is 36.0 Å². The molecule has 0 spiro atoms. The van der Waals surface area contributed by atoms with E-state index < -0.39 is 0 Å². The lowest BCUT2D eigenvalue weighted by atomic mass is 9.54. The van der Waals surface area contributed by atoms with E-state index in [2.05, 4.69) is 84.6 Å². The SMILES string of the molecule is CCCCc1ccc2c(-c3ccccc3C3(CC)CCC3C[n+]3ccccc3C(=O)OC)[n+](CCC)ccc2c1. The number of methoxy groups -OCH3 is 1. The van der Waals surface area contributed by atoms with E-state index in [9.17, 15) is 4.79 Å². The van der Waals surface area contributed by atoms with Gasteiger partial charge in [0.15, 0.2) is 18.9 Å². The molecule has 4 aromatic rings. The molecule has 0 aliphatic heterocycles. The van der Waals surface area contributed by atoms with Crippen molar-refractivity contribution < 1.29 is 18.7 Å². The number of nitrogens with zero attached hydrogens (tertiary/aromatic N) is 2. The second-order valence-electron chi connectivity index (χ2n) is 11.4. The summed E-state index contributed by atoms with van der Waals surface area (Å²) in [4.78, 5) is 12.5. The maximum atomic E-state index is 12.5. The standard InChI is InChI=1S/C36H44N2O2/c1-5-8-13-27-17-18-30-28(25-27)20-24-37(22-6-2)34(30)31-14-9-10-15-32(31)36(7-3)21-19-29(36)26-38-23-12-11-16-33(38)35(39)40-4/h9-12,14-18,20,23-25,29H,5-8,13,19,21-22,26H2,1-4H3/q+2. The molecule has 1 aliphatic rings. The number of fused-ring (bicyclic) bond motifs is 1. The molecule has 4 nitrogen and oxygen atoms in total. The molecule has 1 fully saturated rings. The zero-order valence-corrected chi connectivity index (χ0v) is 24.7. The molecule has 0 radical (unpaired) electrons. The van der Waals surface area contributed by atoms with Crippen molar-refractivity contribution in [2.24, 2.45) is 5.92 Å². The molecule has 0 N–H and O–H groups in total. The van der Waals surface area contributed by atoms with Crippen molar-refractivity contribution in [1.29, 1.82) is 0 Å². The van der Waals surface area contributed by atoms with Gasteiger partial charge in [-0.05, 0) is 66.8 Å². The van der Waals surface area contributed by atoms with E-state index in [-0.39, 0.29) is 11.4 Å². The third kappa shape index (κ3) is 5.16. The number of pyridine rings is 2. The van der Waals surface area contributed by atoms with Gasteiger partial charge in [0.25, 0.3) is 5.69 Å². The van der Waals surface area contributed by atoms with Gasteiger partial charge in [-0.1, -0.05) is 57.5 Å². The van der Waals surface area contributed by atoms with Crippen LogP contribution >= 0.6 is 0 Å². The van der Waals surface area contributed by atoms with E-state index in [1.165, 1.54) is 53.1 Å². The number of hydrogen-bond acceptors (Lipinski definition) is 2. The lowest BCUT2D eigenvalue weighted by molar-refractivity contribution is -0.709. The molecule has 2 aromatic carbocycles. The van der Waals surface area contributed by atoms with Gasteiger partial charge in [-0.3, -0.25) is 0 Å². The molecule has 5 rings (SSSR count). The zero-order chi connectivity index (χ0) is 28.1. The van der Waals surface area contributed by atoms with Gasteiger partial charge in [-0.25, -0.2) is 4.79 Å². The summed E-state index contributed by atoms with van der Waals surface area (Å²) in [5, 5.41) is 2.65. The number of ether oxygens (including phenoxy) is 1. The Morgan fingerprint density at radius 2 is 1.77 bits per heavy atom. The van der Waals surface area contributed by atoms with E-state index >= 15 is 0 Å². The van der Waals surface area contributed by atoms with Gasteiger partial charge in [-0.2, -0.15) is 9.13 Å². The van der Waals surface area contributed by atoms with Crippen LogP contribution in [0.2, 0.25) is 0 Å². The van der Waals surface area contributed by atoms with E-state index in [0.29, 0.717) is 11.6 Å². The van der Waals surface area contributed by atoms with Crippen LogP contribution in [-0.2, 0) is 29.7 Å². The number of esters is 1. The summed E-state index contributed by atoms with van der Waals surface area (Å²) >= 11 is 0. The predicted molar refractivity (Wildman–Crippen MR) is 161 cm³/mol. The highest BCUT2D eigenvalue weighted by Crippen LogP contribution is 2.54. The first-order valence-corrected chi connectivity index (χ1v) is 15.2. The van der Waals surface area contributed by atoms with Gasteiger partial charge in [0.2, 0.25) is 5.69 Å². The fourth-order valence-electron chi connectivity index (χ4n) is 6.89. The summed E-state index contributed by atoms with van der Waals surface area (Å²) in [5.41, 5.74) is 6.22. The minimum absolute atomic E-state index is 0.0557. The largest absolute Gasteiger partial charge is 0.461 e. The molecule has 208 valence electrons. The van der Waals surface area contributed by atoms with Gasteiger partial charge >= 0.3 is 5.97 Å². The topological polar surface area (TPSA) is 34.1 Å². The van der Waals surface area contributed by atoms with E-state index in [0.717, 1.165) is 45.2 Å². The summed E-state index contributed by atoms with van der Waals surface area (Å²) in [6.07, 6.45) is 12.3. The molecule has 1 saturated carbocycles. The van der Waals surface area contributed by atoms with Crippen LogP contribution in [0, 0.1) is 5.92 Å². The molecule has 1 aliphatic carbocycles. The van der Waals surface area contributed by atoms with E-state index in [1.807, 2.05) is 24.4 Å². The molecule has 2 heterocycles. The van der Waals surface area contributed by atoms with Gasteiger partial charge in [0.05, 0.1) is 18.1 Å². The number of benzene rings is 2. The van der Waals surface area contributed by atoms with Gasteiger partial charge in [-0.15, -0.1) is 0 Å². The van der Waals surface area contributed by atoms with Gasteiger partial charge < -0.3 is 4.74 Å². The number of unbranched alkanes of at least 4 members (excludes halogenated alkanes) is 1. The fourth-order valence-corrected chi connectivity index (χ4v) is 6.89. The van der Waals surface area contributed by atoms with Crippen molar-refractivity contribution in [2.75, 3.05) is 7.11 Å². The summed E-state index contributed by atoms with van der Waals surface area (Å²) in [5.74, 6) is 0.154. The summed E-state index contributed by atoms with van der Waals surface area (Å²) in [6, 6.07) is 24.3. The molecular weight excluding hydrogens is 492 g/mol. The highest BCUT2D eigenvalue weighted by atomic mass is 16.5. The smallest absolute Gasteiger partial charge is 0.403 e. The number of carbonyl (C=O) groups excluding carboxylic acids is 1. The Bertz CT molecular complexity index is 1490. The van der Waals surface area contributed by atoms with Crippen molar-refractivity contribution in [3.05, 3.63) is 95.9 Å². The Kier molecular flexibility index (Phi) is 8.63. The van der Waals surface area contributed by atoms with Crippen LogP contribution in [0.15, 0.2) is 79.1 Å². The second-order valence-corrected chi connectivity index (χ2v) is 11.4. The Hall–Kier alpha value is -3.53. The second kappa shape index (κ2) is 12.3. The highest BCUT2D eigenvalue weighted by molar-refractivity contribution is 5.94. The lowest BCUT2D eigenvalue weighted by Gasteiger charge is -2.49. The van der Waals surface area contributed by atoms with Crippen molar-refractivity contribution >= 4 is 16.7 Å². The lowest BCUT2D eigenvalue weighted by Crippen LogP contribution is -2.54. The van der Waals surface area contributed by atoms with Crippen LogP contribution in [0.25, 0.3) is 22.0 Å². The van der Waals surface area contributed by atoms with Gasteiger partial charge in [0.1, 0.15) is 6.54 Å². The number of carbonyl (C=O) groups is 1. The van der Waals surface area contributed by atoms with E-state index in [4.69, 9.17) is 4.74 Å². The van der Waals surface area contributed by atoms with E-state index in [1.54, 1.807) is 0 Å². The molecule has 40 heavy (non-hydrogen) atoms. The number of hydrogen-bond donors (Lipinski definition) is 0. The summed E-state index contributed by atoms with van der Waals surface area (Å²) < 4.78 is 9.65. The molecule has 2 unspecified atom stereocenters. The highest BCUT2D eigenvalue weighted by Gasteiger charge is 2.50. The minimum atomic E-state index is -0.280. The average Bonchev–Trinajstić information content (AvgIpc) is 2.99. The zero-order valence-electron chi connectivity index (χ0n) is 24.7.